The fourth-order valence-electron chi connectivity index (χ4n) is 4.48. The Bertz CT molecular complexity index is 1640. The van der Waals surface area contributed by atoms with Crippen molar-refractivity contribution in [2.75, 3.05) is 12.4 Å². The van der Waals surface area contributed by atoms with Crippen molar-refractivity contribution < 1.29 is 32.3 Å². The summed E-state index contributed by atoms with van der Waals surface area (Å²) in [6.07, 6.45) is -0.157. The highest BCUT2D eigenvalue weighted by Crippen LogP contribution is 2.33. The number of aryl methyl sites for hydroxylation is 1. The van der Waals surface area contributed by atoms with Crippen LogP contribution in [0.4, 0.5) is 5.69 Å². The van der Waals surface area contributed by atoms with E-state index in [2.05, 4.69) is 10.0 Å². The number of sulfonamides is 1. The standard InChI is InChI=1S/C30H32N2O7S/c1-17(2)27(30(34)35)32-40(36,37)23-15-11-21(12-16-23)20-9-13-22(14-10-20)31-29(33)28-18(3)26-24(19(4)38-5)7-6-8-25(26)39-28/h6-17,19,27,32H,1-5H3,(H,31,33)(H,34,35)/t19?,27-/m0/s1. The first-order chi connectivity index (χ1) is 18.9. The van der Waals surface area contributed by atoms with Crippen LogP contribution in [-0.4, -0.2) is 38.6 Å². The van der Waals surface area contributed by atoms with Gasteiger partial charge in [0, 0.05) is 23.7 Å². The summed E-state index contributed by atoms with van der Waals surface area (Å²) in [5.41, 5.74) is 4.41. The number of carboxylic acid groups (broad SMARTS) is 1. The van der Waals surface area contributed by atoms with Gasteiger partial charge in [-0.1, -0.05) is 50.2 Å². The highest BCUT2D eigenvalue weighted by Gasteiger charge is 2.28. The van der Waals surface area contributed by atoms with Crippen LogP contribution in [0.1, 0.15) is 48.6 Å². The summed E-state index contributed by atoms with van der Waals surface area (Å²) < 4.78 is 39.0. The minimum atomic E-state index is -4.01. The first kappa shape index (κ1) is 29.0. The van der Waals surface area contributed by atoms with Crippen LogP contribution in [0.15, 0.2) is 76.0 Å². The second-order valence-electron chi connectivity index (χ2n) is 9.89. The summed E-state index contributed by atoms with van der Waals surface area (Å²) in [7, 11) is -2.38. The number of furan rings is 1. The molecule has 0 saturated heterocycles. The Morgan fingerprint density at radius 3 is 2.08 bits per heavy atom. The van der Waals surface area contributed by atoms with Gasteiger partial charge in [0.15, 0.2) is 5.76 Å². The van der Waals surface area contributed by atoms with Crippen LogP contribution in [0.25, 0.3) is 22.1 Å². The molecule has 0 fully saturated rings. The lowest BCUT2D eigenvalue weighted by molar-refractivity contribution is -0.140. The molecule has 3 N–H and O–H groups in total. The van der Waals surface area contributed by atoms with Gasteiger partial charge < -0.3 is 19.6 Å². The lowest BCUT2D eigenvalue weighted by Gasteiger charge is -2.18. The summed E-state index contributed by atoms with van der Waals surface area (Å²) in [6, 6.07) is 17.7. The molecule has 1 unspecified atom stereocenters. The van der Waals surface area contributed by atoms with E-state index in [0.717, 1.165) is 27.6 Å². The number of anilines is 1. The van der Waals surface area contributed by atoms with Crippen LogP contribution in [0.5, 0.6) is 0 Å². The van der Waals surface area contributed by atoms with E-state index in [-0.39, 0.29) is 22.7 Å². The predicted octanol–water partition coefficient (Wildman–Crippen LogP) is 5.76. The molecule has 0 spiro atoms. The summed E-state index contributed by atoms with van der Waals surface area (Å²) in [5.74, 6) is -1.80. The van der Waals surface area contributed by atoms with Crippen molar-refractivity contribution in [2.45, 2.75) is 44.7 Å². The van der Waals surface area contributed by atoms with Crippen LogP contribution < -0.4 is 10.0 Å². The summed E-state index contributed by atoms with van der Waals surface area (Å²) in [6.45, 7) is 7.05. The molecule has 10 heteroatoms. The van der Waals surface area contributed by atoms with E-state index in [9.17, 15) is 23.1 Å². The van der Waals surface area contributed by atoms with Crippen molar-refractivity contribution in [2.24, 2.45) is 5.92 Å². The normalized spacial score (nSPS) is 13.3. The van der Waals surface area contributed by atoms with Gasteiger partial charge >= 0.3 is 5.97 Å². The van der Waals surface area contributed by atoms with E-state index in [4.69, 9.17) is 9.15 Å². The monoisotopic (exact) mass is 564 g/mol. The van der Waals surface area contributed by atoms with Crippen LogP contribution in [0, 0.1) is 12.8 Å². The van der Waals surface area contributed by atoms with Crippen LogP contribution >= 0.6 is 0 Å². The van der Waals surface area contributed by atoms with Crippen molar-refractivity contribution in [1.82, 2.24) is 4.72 Å². The van der Waals surface area contributed by atoms with E-state index in [1.165, 1.54) is 12.1 Å². The molecule has 0 radical (unpaired) electrons. The van der Waals surface area contributed by atoms with E-state index in [1.807, 2.05) is 32.0 Å². The predicted molar refractivity (Wildman–Crippen MR) is 153 cm³/mol. The second-order valence-corrected chi connectivity index (χ2v) is 11.6. The van der Waals surface area contributed by atoms with E-state index >= 15 is 0 Å². The molecule has 210 valence electrons. The van der Waals surface area contributed by atoms with Crippen molar-refractivity contribution in [3.8, 4) is 11.1 Å². The zero-order valence-corrected chi connectivity index (χ0v) is 23.7. The van der Waals surface area contributed by atoms with Gasteiger partial charge in [0.05, 0.1) is 11.0 Å². The Labute approximate surface area is 233 Å². The number of methoxy groups -OCH3 is 1. The fraction of sp³-hybridized carbons (Fsp3) is 0.267. The average molecular weight is 565 g/mol. The molecule has 1 heterocycles. The average Bonchev–Trinajstić information content (AvgIpc) is 3.28. The lowest BCUT2D eigenvalue weighted by atomic mass is 10.0. The molecule has 0 bridgehead atoms. The number of rotatable bonds is 10. The molecule has 1 aromatic heterocycles. The molecule has 0 aliphatic rings. The molecule has 3 aromatic carbocycles. The molecule has 9 nitrogen and oxygen atoms in total. The third kappa shape index (κ3) is 5.94. The molecule has 4 rings (SSSR count). The highest BCUT2D eigenvalue weighted by molar-refractivity contribution is 7.89. The van der Waals surface area contributed by atoms with Crippen molar-refractivity contribution in [3.05, 3.63) is 83.6 Å². The Kier molecular flexibility index (Phi) is 8.43. The number of hydrogen-bond acceptors (Lipinski definition) is 6. The lowest BCUT2D eigenvalue weighted by Crippen LogP contribution is -2.44. The fourth-order valence-corrected chi connectivity index (χ4v) is 5.82. The topological polar surface area (TPSA) is 135 Å². The van der Waals surface area contributed by atoms with Crippen molar-refractivity contribution >= 4 is 38.6 Å². The van der Waals surface area contributed by atoms with Gasteiger partial charge in [-0.15, -0.1) is 0 Å². The maximum atomic E-state index is 13.1. The largest absolute Gasteiger partial charge is 0.480 e. The number of amides is 1. The van der Waals surface area contributed by atoms with Gasteiger partial charge in [-0.05, 0) is 66.8 Å². The van der Waals surface area contributed by atoms with Gasteiger partial charge in [-0.25, -0.2) is 8.42 Å². The number of hydrogen-bond donors (Lipinski definition) is 3. The SMILES string of the molecule is COC(C)c1cccc2oc(C(=O)Nc3ccc(-c4ccc(S(=O)(=O)N[C@H](C(=O)O)C(C)C)cc4)cc3)c(C)c12. The molecule has 0 aliphatic carbocycles. The molecular formula is C30H32N2O7S. The number of aliphatic carboxylic acids is 1. The highest BCUT2D eigenvalue weighted by atomic mass is 32.2. The molecular weight excluding hydrogens is 532 g/mol. The number of benzene rings is 3. The first-order valence-corrected chi connectivity index (χ1v) is 14.2. The zero-order valence-electron chi connectivity index (χ0n) is 22.9. The van der Waals surface area contributed by atoms with Gasteiger partial charge in [-0.3, -0.25) is 9.59 Å². The molecule has 1 amide bonds. The number of carbonyl (C=O) groups excluding carboxylic acids is 1. The van der Waals surface area contributed by atoms with Crippen molar-refractivity contribution in [1.29, 1.82) is 0 Å². The molecule has 0 aliphatic heterocycles. The van der Waals surface area contributed by atoms with E-state index < -0.39 is 28.0 Å². The minimum absolute atomic E-state index is 0.0312. The Balaban J connectivity index is 1.49. The third-order valence-corrected chi connectivity index (χ3v) is 8.30. The van der Waals surface area contributed by atoms with Gasteiger partial charge in [-0.2, -0.15) is 4.72 Å². The maximum Gasteiger partial charge on any atom is 0.322 e. The molecule has 40 heavy (non-hydrogen) atoms. The smallest absolute Gasteiger partial charge is 0.322 e. The second kappa shape index (κ2) is 11.6. The summed E-state index contributed by atoms with van der Waals surface area (Å²) in [4.78, 5) is 24.4. The number of ether oxygens (including phenoxy) is 1. The van der Waals surface area contributed by atoms with Crippen LogP contribution in [0.2, 0.25) is 0 Å². The van der Waals surface area contributed by atoms with Gasteiger partial charge in [0.2, 0.25) is 10.0 Å². The molecule has 2 atom stereocenters. The first-order valence-electron chi connectivity index (χ1n) is 12.7. The summed E-state index contributed by atoms with van der Waals surface area (Å²) in [5, 5.41) is 13.0. The third-order valence-electron chi connectivity index (χ3n) is 6.84. The number of carboxylic acids is 1. The maximum absolute atomic E-state index is 13.1. The Morgan fingerprint density at radius 1 is 0.925 bits per heavy atom. The van der Waals surface area contributed by atoms with Gasteiger partial charge in [0.25, 0.3) is 5.91 Å². The van der Waals surface area contributed by atoms with Crippen LogP contribution in [-0.2, 0) is 19.6 Å². The number of fused-ring (bicyclic) bond motifs is 1. The van der Waals surface area contributed by atoms with Crippen LogP contribution in [0.3, 0.4) is 0 Å². The number of nitrogens with one attached hydrogen (secondary N) is 2. The van der Waals surface area contributed by atoms with Crippen molar-refractivity contribution in [3.63, 3.8) is 0 Å². The molecule has 4 aromatic rings. The Morgan fingerprint density at radius 2 is 1.52 bits per heavy atom. The van der Waals surface area contributed by atoms with Gasteiger partial charge in [0.1, 0.15) is 11.6 Å². The summed E-state index contributed by atoms with van der Waals surface area (Å²) >= 11 is 0. The minimum Gasteiger partial charge on any atom is -0.480 e. The van der Waals surface area contributed by atoms with E-state index in [0.29, 0.717) is 11.3 Å². The zero-order chi connectivity index (χ0) is 29.2. The molecule has 0 saturated carbocycles. The quantitative estimate of drug-likeness (QED) is 0.223. The van der Waals surface area contributed by atoms with E-state index in [1.54, 1.807) is 57.4 Å². The Hall–Kier alpha value is -3.99. The number of carbonyl (C=O) groups is 2.